The maximum atomic E-state index is 12.6. The number of nitrogens with one attached hydrogen (secondary N) is 1. The molecule has 1 N–H and O–H groups in total. The van der Waals surface area contributed by atoms with Crippen molar-refractivity contribution in [3.8, 4) is 0 Å². The Morgan fingerprint density at radius 3 is 2.10 bits per heavy atom. The summed E-state index contributed by atoms with van der Waals surface area (Å²) in [7, 11) is 1.59. The van der Waals surface area contributed by atoms with Crippen molar-refractivity contribution in [2.24, 2.45) is 0 Å². The highest BCUT2D eigenvalue weighted by Crippen LogP contribution is 2.31. The molecule has 1 saturated carbocycles. The summed E-state index contributed by atoms with van der Waals surface area (Å²) in [4.78, 5) is 52.1. The van der Waals surface area contributed by atoms with Gasteiger partial charge in [-0.3, -0.25) is 24.1 Å². The van der Waals surface area contributed by atoms with E-state index in [-0.39, 0.29) is 46.2 Å². The summed E-state index contributed by atoms with van der Waals surface area (Å²) in [5, 5.41) is 3.26. The van der Waals surface area contributed by atoms with Crippen molar-refractivity contribution in [1.82, 2.24) is 15.1 Å². The van der Waals surface area contributed by atoms with Crippen LogP contribution < -0.4 is 5.32 Å². The van der Waals surface area contributed by atoms with Gasteiger partial charge in [-0.2, -0.15) is 0 Å². The largest absolute Gasteiger partial charge is 0.349 e. The molecule has 160 valence electrons. The summed E-state index contributed by atoms with van der Waals surface area (Å²) in [5.74, 6) is -1.66. The van der Waals surface area contributed by atoms with E-state index in [9.17, 15) is 19.2 Å². The van der Waals surface area contributed by atoms with E-state index < -0.39 is 17.7 Å². The van der Waals surface area contributed by atoms with E-state index in [4.69, 9.17) is 23.2 Å². The maximum Gasteiger partial charge on any atom is 0.262 e. The molecule has 1 fully saturated rings. The molecule has 0 spiro atoms. The van der Waals surface area contributed by atoms with Gasteiger partial charge in [0.25, 0.3) is 17.7 Å². The average molecular weight is 460 g/mol. The van der Waals surface area contributed by atoms with Crippen LogP contribution in [0.4, 0.5) is 0 Å². The fraction of sp³-hybridized carbons (Fsp3) is 0.273. The van der Waals surface area contributed by atoms with Gasteiger partial charge in [0, 0.05) is 25.2 Å². The van der Waals surface area contributed by atoms with E-state index in [1.165, 1.54) is 17.0 Å². The van der Waals surface area contributed by atoms with Crippen LogP contribution in [0.25, 0.3) is 0 Å². The van der Waals surface area contributed by atoms with Crippen molar-refractivity contribution in [1.29, 1.82) is 0 Å². The second-order valence-corrected chi connectivity index (χ2v) is 8.52. The Balaban J connectivity index is 1.38. The van der Waals surface area contributed by atoms with Crippen molar-refractivity contribution in [3.05, 3.63) is 68.7 Å². The van der Waals surface area contributed by atoms with Crippen molar-refractivity contribution in [2.75, 3.05) is 13.6 Å². The third-order valence-electron chi connectivity index (χ3n) is 5.28. The standard InChI is InChI=1S/C22H19Cl2N3O4/c1-26(10-12-2-4-13(5-3-12)20(29)25-14-6-7-14)19(28)11-27-21(30)15-8-17(23)18(24)9-16(15)22(27)31/h2-5,8-9,14H,6-7,10-11H2,1H3,(H,25,29). The Kier molecular flexibility index (Phi) is 5.73. The van der Waals surface area contributed by atoms with Gasteiger partial charge in [-0.05, 0) is 42.7 Å². The number of amides is 4. The molecule has 7 nitrogen and oxygen atoms in total. The molecule has 1 aliphatic carbocycles. The zero-order chi connectivity index (χ0) is 22.3. The number of carbonyl (C=O) groups is 4. The Hall–Kier alpha value is -2.90. The van der Waals surface area contributed by atoms with Crippen LogP contribution in [0.2, 0.25) is 10.0 Å². The zero-order valence-electron chi connectivity index (χ0n) is 16.7. The first-order valence-corrected chi connectivity index (χ1v) is 10.5. The molecule has 2 aromatic carbocycles. The molecule has 31 heavy (non-hydrogen) atoms. The van der Waals surface area contributed by atoms with Crippen LogP contribution in [0.15, 0.2) is 36.4 Å². The smallest absolute Gasteiger partial charge is 0.262 e. The van der Waals surface area contributed by atoms with Gasteiger partial charge in [-0.15, -0.1) is 0 Å². The molecule has 0 atom stereocenters. The summed E-state index contributed by atoms with van der Waals surface area (Å²) in [6.45, 7) is -0.121. The summed E-state index contributed by atoms with van der Waals surface area (Å²) >= 11 is 11.9. The van der Waals surface area contributed by atoms with Crippen LogP contribution in [0.1, 0.15) is 49.5 Å². The van der Waals surface area contributed by atoms with Gasteiger partial charge in [0.2, 0.25) is 5.91 Å². The number of hydrogen-bond donors (Lipinski definition) is 1. The summed E-state index contributed by atoms with van der Waals surface area (Å²) in [6.07, 6.45) is 2.04. The Bertz CT molecular complexity index is 1060. The topological polar surface area (TPSA) is 86.8 Å². The number of rotatable bonds is 6. The van der Waals surface area contributed by atoms with Gasteiger partial charge in [-0.1, -0.05) is 35.3 Å². The number of carbonyl (C=O) groups excluding carboxylic acids is 4. The lowest BCUT2D eigenvalue weighted by atomic mass is 10.1. The fourth-order valence-electron chi connectivity index (χ4n) is 3.30. The van der Waals surface area contributed by atoms with E-state index >= 15 is 0 Å². The number of imide groups is 1. The molecule has 2 aliphatic rings. The Morgan fingerprint density at radius 2 is 1.58 bits per heavy atom. The number of nitrogens with zero attached hydrogens (tertiary/aromatic N) is 2. The summed E-state index contributed by atoms with van der Waals surface area (Å²) < 4.78 is 0. The Morgan fingerprint density at radius 1 is 1.03 bits per heavy atom. The van der Waals surface area contributed by atoms with Gasteiger partial charge in [0.15, 0.2) is 0 Å². The third-order valence-corrected chi connectivity index (χ3v) is 6.00. The monoisotopic (exact) mass is 459 g/mol. The van der Waals surface area contributed by atoms with Gasteiger partial charge in [0.1, 0.15) is 6.54 Å². The van der Waals surface area contributed by atoms with E-state index in [0.29, 0.717) is 5.56 Å². The van der Waals surface area contributed by atoms with Crippen LogP contribution in [-0.4, -0.2) is 53.1 Å². The SMILES string of the molecule is CN(Cc1ccc(C(=O)NC2CC2)cc1)C(=O)CN1C(=O)c2cc(Cl)c(Cl)cc2C1=O. The highest BCUT2D eigenvalue weighted by Gasteiger charge is 2.37. The predicted molar refractivity (Wildman–Crippen MR) is 115 cm³/mol. The second-order valence-electron chi connectivity index (χ2n) is 7.70. The number of hydrogen-bond acceptors (Lipinski definition) is 4. The highest BCUT2D eigenvalue weighted by molar-refractivity contribution is 6.43. The minimum Gasteiger partial charge on any atom is -0.349 e. The van der Waals surface area contributed by atoms with Crippen molar-refractivity contribution >= 4 is 46.8 Å². The molecule has 1 heterocycles. The molecule has 0 saturated heterocycles. The number of likely N-dealkylation sites (N-methyl/N-ethyl adjacent to an activating group) is 1. The van der Waals surface area contributed by atoms with Crippen molar-refractivity contribution in [2.45, 2.75) is 25.4 Å². The molecule has 0 aromatic heterocycles. The first-order chi connectivity index (χ1) is 14.7. The van der Waals surface area contributed by atoms with Gasteiger partial charge >= 0.3 is 0 Å². The lowest BCUT2D eigenvalue weighted by Crippen LogP contribution is -2.40. The van der Waals surface area contributed by atoms with Crippen LogP contribution in [0.5, 0.6) is 0 Å². The fourth-order valence-corrected chi connectivity index (χ4v) is 3.63. The quantitative estimate of drug-likeness (QED) is 0.672. The molecule has 2 aromatic rings. The van der Waals surface area contributed by atoms with Crippen molar-refractivity contribution in [3.63, 3.8) is 0 Å². The third kappa shape index (κ3) is 4.43. The first kappa shape index (κ1) is 21.3. The Labute approximate surface area is 188 Å². The van der Waals surface area contributed by atoms with Gasteiger partial charge < -0.3 is 10.2 Å². The molecule has 0 bridgehead atoms. The number of halogens is 2. The van der Waals surface area contributed by atoms with Crippen LogP contribution >= 0.6 is 23.2 Å². The molecule has 9 heteroatoms. The molecule has 1 aliphatic heterocycles. The summed E-state index contributed by atoms with van der Waals surface area (Å²) in [6, 6.07) is 9.94. The average Bonchev–Trinajstić information content (AvgIpc) is 3.53. The second kappa shape index (κ2) is 8.32. The lowest BCUT2D eigenvalue weighted by Gasteiger charge is -2.21. The lowest BCUT2D eigenvalue weighted by molar-refractivity contribution is -0.130. The normalized spacial score (nSPS) is 15.1. The molecule has 4 amide bonds. The van der Waals surface area contributed by atoms with E-state index in [1.54, 1.807) is 31.3 Å². The van der Waals surface area contributed by atoms with Crippen LogP contribution in [0, 0.1) is 0 Å². The first-order valence-electron chi connectivity index (χ1n) is 9.73. The maximum absolute atomic E-state index is 12.6. The molecular formula is C22H19Cl2N3O4. The van der Waals surface area contributed by atoms with E-state index in [2.05, 4.69) is 5.32 Å². The molecule has 0 radical (unpaired) electrons. The van der Waals surface area contributed by atoms with Gasteiger partial charge in [0.05, 0.1) is 21.2 Å². The highest BCUT2D eigenvalue weighted by atomic mass is 35.5. The molecular weight excluding hydrogens is 441 g/mol. The summed E-state index contributed by atoms with van der Waals surface area (Å²) in [5.41, 5.74) is 1.65. The zero-order valence-corrected chi connectivity index (χ0v) is 18.2. The minimum absolute atomic E-state index is 0.107. The van der Waals surface area contributed by atoms with Gasteiger partial charge in [-0.25, -0.2) is 0 Å². The minimum atomic E-state index is -0.577. The molecule has 4 rings (SSSR count). The van der Waals surface area contributed by atoms with Crippen LogP contribution in [0.3, 0.4) is 0 Å². The number of benzene rings is 2. The van der Waals surface area contributed by atoms with Crippen LogP contribution in [-0.2, 0) is 11.3 Å². The van der Waals surface area contributed by atoms with E-state index in [0.717, 1.165) is 23.3 Å². The number of fused-ring (bicyclic) bond motifs is 1. The van der Waals surface area contributed by atoms with E-state index in [1.807, 2.05) is 0 Å². The van der Waals surface area contributed by atoms with Crippen molar-refractivity contribution < 1.29 is 19.2 Å². The predicted octanol–water partition coefficient (Wildman–Crippen LogP) is 3.14. The molecule has 0 unspecified atom stereocenters.